The van der Waals surface area contributed by atoms with E-state index in [0.29, 0.717) is 23.4 Å². The Labute approximate surface area is 196 Å². The first-order chi connectivity index (χ1) is 16.3. The van der Waals surface area contributed by atoms with Crippen LogP contribution in [0.3, 0.4) is 0 Å². The van der Waals surface area contributed by atoms with Gasteiger partial charge in [0.25, 0.3) is 11.8 Å². The Morgan fingerprint density at radius 3 is 2.53 bits per heavy atom. The molecule has 1 atom stereocenters. The molecule has 2 aromatic carbocycles. The number of benzene rings is 2. The van der Waals surface area contributed by atoms with Crippen molar-refractivity contribution in [1.82, 2.24) is 15.1 Å². The molecule has 2 heterocycles. The van der Waals surface area contributed by atoms with Crippen LogP contribution in [0.2, 0.25) is 0 Å². The Kier molecular flexibility index (Phi) is 6.92. The zero-order chi connectivity index (χ0) is 24.3. The highest BCUT2D eigenvalue weighted by Crippen LogP contribution is 2.33. The smallest absolute Gasteiger partial charge is 0.272 e. The summed E-state index contributed by atoms with van der Waals surface area (Å²) >= 11 is 0. The van der Waals surface area contributed by atoms with Crippen LogP contribution in [0.15, 0.2) is 42.5 Å². The van der Waals surface area contributed by atoms with E-state index in [9.17, 15) is 23.2 Å². The lowest BCUT2D eigenvalue weighted by molar-refractivity contribution is -0.133. The fourth-order valence-electron chi connectivity index (χ4n) is 4.41. The molecule has 1 saturated heterocycles. The number of hydrogen-bond acceptors (Lipinski definition) is 5. The third kappa shape index (κ3) is 5.09. The van der Waals surface area contributed by atoms with Crippen LogP contribution in [-0.2, 0) is 29.3 Å². The monoisotopic (exact) mass is 471 g/mol. The van der Waals surface area contributed by atoms with Crippen LogP contribution < -0.4 is 10.1 Å². The summed E-state index contributed by atoms with van der Waals surface area (Å²) in [5.41, 5.74) is 3.06. The normalized spacial score (nSPS) is 17.6. The Bertz CT molecular complexity index is 1070. The highest BCUT2D eigenvalue weighted by atomic mass is 19.3. The van der Waals surface area contributed by atoms with Gasteiger partial charge in [-0.05, 0) is 29.7 Å². The first-order valence-corrected chi connectivity index (χ1v) is 11.2. The number of aldehydes is 1. The highest BCUT2D eigenvalue weighted by Gasteiger charge is 2.43. The second kappa shape index (κ2) is 9.89. The maximum atomic E-state index is 13.0. The number of likely N-dealkylation sites (N-methyl/N-ethyl adjacent to an activating group) is 1. The summed E-state index contributed by atoms with van der Waals surface area (Å²) in [6.45, 7) is 0.570. The fraction of sp³-hybridized carbons (Fsp3) is 0.400. The number of nitrogens with one attached hydrogen (secondary N) is 1. The van der Waals surface area contributed by atoms with Crippen LogP contribution in [0.4, 0.5) is 8.78 Å². The van der Waals surface area contributed by atoms with Gasteiger partial charge in [0.15, 0.2) is 0 Å². The lowest BCUT2D eigenvalue weighted by atomic mass is 10.1. The number of halogens is 2. The van der Waals surface area contributed by atoms with Crippen LogP contribution in [0.1, 0.15) is 39.9 Å². The van der Waals surface area contributed by atoms with Gasteiger partial charge in [-0.3, -0.25) is 14.5 Å². The molecule has 0 spiro atoms. The van der Waals surface area contributed by atoms with Crippen LogP contribution in [0, 0.1) is 0 Å². The van der Waals surface area contributed by atoms with E-state index in [4.69, 9.17) is 4.74 Å². The van der Waals surface area contributed by atoms with E-state index >= 15 is 0 Å². The molecule has 1 N–H and O–H groups in total. The molecule has 180 valence electrons. The van der Waals surface area contributed by atoms with Crippen molar-refractivity contribution >= 4 is 18.1 Å². The van der Waals surface area contributed by atoms with Crippen molar-refractivity contribution < 1.29 is 27.9 Å². The van der Waals surface area contributed by atoms with Crippen molar-refractivity contribution in [2.45, 2.75) is 44.5 Å². The SMILES string of the molecule is CNC(=O)C(CCC=O)N1Cc2c(OCc3ccc(CN4CC(F)(F)C4)cc3)cccc2C1=O. The van der Waals surface area contributed by atoms with Gasteiger partial charge in [-0.15, -0.1) is 0 Å². The number of hydrogen-bond donors (Lipinski definition) is 1. The van der Waals surface area contributed by atoms with Crippen LogP contribution in [-0.4, -0.2) is 60.0 Å². The lowest BCUT2D eigenvalue weighted by Crippen LogP contribution is -2.55. The topological polar surface area (TPSA) is 79.0 Å². The lowest BCUT2D eigenvalue weighted by Gasteiger charge is -2.38. The fourth-order valence-corrected chi connectivity index (χ4v) is 4.41. The average molecular weight is 472 g/mol. The standard InChI is InChI=1S/C25H27F2N3O4/c1-28-23(32)21(5-3-11-31)30-13-20-19(24(30)33)4-2-6-22(20)34-14-18-9-7-17(8-10-18)12-29-15-25(26,27)16-29/h2,4,6-11,21H,3,5,12-16H2,1H3,(H,28,32). The number of carbonyl (C=O) groups excluding carboxylic acids is 3. The molecule has 4 rings (SSSR count). The van der Waals surface area contributed by atoms with Crippen LogP contribution >= 0.6 is 0 Å². The number of ether oxygens (including phenoxy) is 1. The molecule has 1 fully saturated rings. The highest BCUT2D eigenvalue weighted by molar-refractivity contribution is 6.01. The van der Waals surface area contributed by atoms with E-state index in [0.717, 1.165) is 17.4 Å². The molecule has 0 aliphatic carbocycles. The maximum absolute atomic E-state index is 13.0. The van der Waals surface area contributed by atoms with Crippen molar-refractivity contribution in [2.75, 3.05) is 20.1 Å². The Balaban J connectivity index is 1.40. The van der Waals surface area contributed by atoms with Gasteiger partial charge in [-0.2, -0.15) is 0 Å². The summed E-state index contributed by atoms with van der Waals surface area (Å²) in [6, 6.07) is 12.1. The van der Waals surface area contributed by atoms with Crippen LogP contribution in [0.5, 0.6) is 5.75 Å². The van der Waals surface area contributed by atoms with Crippen molar-refractivity contribution in [3.63, 3.8) is 0 Å². The number of rotatable bonds is 10. The maximum Gasteiger partial charge on any atom is 0.272 e. The zero-order valence-electron chi connectivity index (χ0n) is 18.9. The van der Waals surface area contributed by atoms with Gasteiger partial charge < -0.3 is 19.7 Å². The van der Waals surface area contributed by atoms with Crippen molar-refractivity contribution in [2.24, 2.45) is 0 Å². The molecule has 7 nitrogen and oxygen atoms in total. The first kappa shape index (κ1) is 23.8. The minimum Gasteiger partial charge on any atom is -0.489 e. The van der Waals surface area contributed by atoms with E-state index in [2.05, 4.69) is 5.32 Å². The second-order valence-corrected chi connectivity index (χ2v) is 8.70. The molecule has 0 bridgehead atoms. The largest absolute Gasteiger partial charge is 0.489 e. The second-order valence-electron chi connectivity index (χ2n) is 8.70. The van der Waals surface area contributed by atoms with Crippen molar-refractivity contribution in [3.8, 4) is 5.75 Å². The summed E-state index contributed by atoms with van der Waals surface area (Å²) in [5.74, 6) is -2.59. The summed E-state index contributed by atoms with van der Waals surface area (Å²) in [4.78, 5) is 39.4. The number of amides is 2. The molecular weight excluding hydrogens is 444 g/mol. The van der Waals surface area contributed by atoms with E-state index in [1.54, 1.807) is 23.1 Å². The predicted molar refractivity (Wildman–Crippen MR) is 120 cm³/mol. The van der Waals surface area contributed by atoms with Gasteiger partial charge in [-0.25, -0.2) is 8.78 Å². The van der Waals surface area contributed by atoms with Gasteiger partial charge in [0.1, 0.15) is 24.7 Å². The van der Waals surface area contributed by atoms with Gasteiger partial charge in [-0.1, -0.05) is 30.3 Å². The zero-order valence-corrected chi connectivity index (χ0v) is 18.9. The van der Waals surface area contributed by atoms with Gasteiger partial charge in [0, 0.05) is 31.1 Å². The first-order valence-electron chi connectivity index (χ1n) is 11.2. The summed E-state index contributed by atoms with van der Waals surface area (Å²) in [5, 5.41) is 2.57. The average Bonchev–Trinajstić information content (AvgIpc) is 3.14. The van der Waals surface area contributed by atoms with Crippen molar-refractivity contribution in [3.05, 3.63) is 64.7 Å². The molecular formula is C25H27F2N3O4. The van der Waals surface area contributed by atoms with E-state index in [-0.39, 0.29) is 50.9 Å². The van der Waals surface area contributed by atoms with E-state index < -0.39 is 12.0 Å². The summed E-state index contributed by atoms with van der Waals surface area (Å²) in [7, 11) is 1.50. The Hall–Kier alpha value is -3.33. The quantitative estimate of drug-likeness (QED) is 0.539. The molecule has 2 aliphatic heterocycles. The molecule has 0 saturated carbocycles. The molecule has 9 heteroatoms. The molecule has 1 unspecified atom stereocenters. The van der Waals surface area contributed by atoms with E-state index in [1.165, 1.54) is 11.9 Å². The summed E-state index contributed by atoms with van der Waals surface area (Å²) in [6.07, 6.45) is 1.17. The third-order valence-corrected chi connectivity index (χ3v) is 6.17. The Morgan fingerprint density at radius 2 is 1.88 bits per heavy atom. The molecule has 34 heavy (non-hydrogen) atoms. The number of carbonyl (C=O) groups is 3. The van der Waals surface area contributed by atoms with Gasteiger partial charge >= 0.3 is 0 Å². The number of nitrogens with zero attached hydrogens (tertiary/aromatic N) is 2. The number of fused-ring (bicyclic) bond motifs is 1. The molecule has 0 aromatic heterocycles. The van der Waals surface area contributed by atoms with Gasteiger partial charge in [0.2, 0.25) is 5.91 Å². The van der Waals surface area contributed by atoms with E-state index in [1.807, 2.05) is 24.3 Å². The third-order valence-electron chi connectivity index (χ3n) is 6.17. The predicted octanol–water partition coefficient (Wildman–Crippen LogP) is 2.77. The van der Waals surface area contributed by atoms with Crippen molar-refractivity contribution in [1.29, 1.82) is 0 Å². The number of likely N-dealkylation sites (tertiary alicyclic amines) is 1. The minimum absolute atomic E-state index is 0.178. The van der Waals surface area contributed by atoms with Crippen LogP contribution in [0.25, 0.3) is 0 Å². The molecule has 2 amide bonds. The van der Waals surface area contributed by atoms with Gasteiger partial charge in [0.05, 0.1) is 19.6 Å². The number of alkyl halides is 2. The summed E-state index contributed by atoms with van der Waals surface area (Å²) < 4.78 is 32.0. The Morgan fingerprint density at radius 1 is 1.18 bits per heavy atom. The molecule has 0 radical (unpaired) electrons. The minimum atomic E-state index is -2.57. The molecule has 2 aromatic rings. The molecule has 2 aliphatic rings.